The third-order valence-electron chi connectivity index (χ3n) is 3.35. The van der Waals surface area contributed by atoms with E-state index in [1.165, 1.54) is 12.7 Å². The Balaban J connectivity index is 1.94. The number of esters is 1. The number of benzene rings is 1. The number of fused-ring (bicyclic) bond motifs is 1. The lowest BCUT2D eigenvalue weighted by molar-refractivity contribution is -0.142. The van der Waals surface area contributed by atoms with E-state index >= 15 is 0 Å². The summed E-state index contributed by atoms with van der Waals surface area (Å²) in [5, 5.41) is 0. The molecular formula is C15H20BrNO3. The Kier molecular flexibility index (Phi) is 5.43. The van der Waals surface area contributed by atoms with Crippen molar-refractivity contribution in [2.24, 2.45) is 0 Å². The van der Waals surface area contributed by atoms with Gasteiger partial charge in [-0.3, -0.25) is 9.69 Å². The van der Waals surface area contributed by atoms with Gasteiger partial charge in [-0.15, -0.1) is 0 Å². The normalized spacial score (nSPS) is 16.9. The molecule has 0 radical (unpaired) electrons. The van der Waals surface area contributed by atoms with E-state index in [0.717, 1.165) is 36.2 Å². The van der Waals surface area contributed by atoms with Gasteiger partial charge in [0.1, 0.15) is 11.9 Å². The summed E-state index contributed by atoms with van der Waals surface area (Å²) in [6, 6.07) is 6.07. The summed E-state index contributed by atoms with van der Waals surface area (Å²) in [7, 11) is 1.42. The van der Waals surface area contributed by atoms with Gasteiger partial charge in [0.05, 0.1) is 13.7 Å². The van der Waals surface area contributed by atoms with Crippen LogP contribution in [0.3, 0.4) is 0 Å². The van der Waals surface area contributed by atoms with E-state index in [1.54, 1.807) is 0 Å². The summed E-state index contributed by atoms with van der Waals surface area (Å²) >= 11 is 3.48. The van der Waals surface area contributed by atoms with E-state index in [4.69, 9.17) is 9.47 Å². The van der Waals surface area contributed by atoms with Crippen LogP contribution in [0, 0.1) is 0 Å². The molecule has 0 aromatic heterocycles. The van der Waals surface area contributed by atoms with Crippen LogP contribution in [0.2, 0.25) is 0 Å². The Morgan fingerprint density at radius 1 is 1.55 bits per heavy atom. The minimum atomic E-state index is -0.197. The molecule has 1 atom stereocenters. The number of carbonyl (C=O) groups is 1. The predicted octanol–water partition coefficient (Wildman–Crippen LogP) is 2.64. The van der Waals surface area contributed by atoms with E-state index in [2.05, 4.69) is 33.8 Å². The third-order valence-corrected chi connectivity index (χ3v) is 3.84. The Hall–Kier alpha value is -1.07. The first-order chi connectivity index (χ1) is 9.62. The molecule has 0 N–H and O–H groups in total. The summed E-state index contributed by atoms with van der Waals surface area (Å²) < 4.78 is 11.8. The molecule has 4 nitrogen and oxygen atoms in total. The fraction of sp³-hybridized carbons (Fsp3) is 0.533. The molecule has 1 aliphatic heterocycles. The summed E-state index contributed by atoms with van der Waals surface area (Å²) in [5.74, 6) is 0.754. The molecule has 1 aromatic rings. The van der Waals surface area contributed by atoms with Crippen molar-refractivity contribution < 1.29 is 14.3 Å². The fourth-order valence-corrected chi connectivity index (χ4v) is 2.89. The molecule has 1 heterocycles. The summed E-state index contributed by atoms with van der Waals surface area (Å²) in [6.07, 6.45) is 1.99. The molecule has 0 aliphatic carbocycles. The first kappa shape index (κ1) is 15.3. The molecule has 5 heteroatoms. The number of hydrogen-bond acceptors (Lipinski definition) is 4. The molecule has 0 fully saturated rings. The maximum Gasteiger partial charge on any atom is 0.319 e. The maximum absolute atomic E-state index is 11.4. The van der Waals surface area contributed by atoms with Crippen molar-refractivity contribution in [2.45, 2.75) is 25.9 Å². The van der Waals surface area contributed by atoms with Gasteiger partial charge in [0.2, 0.25) is 0 Å². The largest absolute Gasteiger partial charge is 0.488 e. The molecule has 0 amide bonds. The average Bonchev–Trinajstić information content (AvgIpc) is 2.80. The molecule has 0 bridgehead atoms. The van der Waals surface area contributed by atoms with Gasteiger partial charge >= 0.3 is 5.97 Å². The molecule has 2 rings (SSSR count). The van der Waals surface area contributed by atoms with E-state index in [-0.39, 0.29) is 12.1 Å². The van der Waals surface area contributed by atoms with E-state index < -0.39 is 0 Å². The minimum Gasteiger partial charge on any atom is -0.488 e. The summed E-state index contributed by atoms with van der Waals surface area (Å²) in [4.78, 5) is 13.5. The van der Waals surface area contributed by atoms with Gasteiger partial charge in [-0.1, -0.05) is 22.9 Å². The second-order valence-electron chi connectivity index (χ2n) is 5.01. The minimum absolute atomic E-state index is 0.107. The summed E-state index contributed by atoms with van der Waals surface area (Å²) in [6.45, 7) is 4.04. The number of hydrogen-bond donors (Lipinski definition) is 0. The second-order valence-corrected chi connectivity index (χ2v) is 5.92. The number of nitrogens with zero attached hydrogens (tertiary/aromatic N) is 1. The van der Waals surface area contributed by atoms with Crippen LogP contribution >= 0.6 is 15.9 Å². The topological polar surface area (TPSA) is 38.8 Å². The Labute approximate surface area is 128 Å². The zero-order valence-electron chi connectivity index (χ0n) is 11.9. The van der Waals surface area contributed by atoms with Gasteiger partial charge in [-0.25, -0.2) is 0 Å². The van der Waals surface area contributed by atoms with Crippen molar-refractivity contribution in [1.82, 2.24) is 4.90 Å². The van der Waals surface area contributed by atoms with Crippen LogP contribution in [0.1, 0.15) is 18.9 Å². The predicted molar refractivity (Wildman–Crippen MR) is 81.0 cm³/mol. The number of carbonyl (C=O) groups excluding carboxylic acids is 1. The second kappa shape index (κ2) is 7.09. The van der Waals surface area contributed by atoms with Gasteiger partial charge in [0.25, 0.3) is 0 Å². The van der Waals surface area contributed by atoms with Gasteiger partial charge < -0.3 is 9.47 Å². The van der Waals surface area contributed by atoms with Gasteiger partial charge in [-0.05, 0) is 36.7 Å². The van der Waals surface area contributed by atoms with E-state index in [1.807, 2.05) is 12.1 Å². The lowest BCUT2D eigenvalue weighted by Crippen LogP contribution is -2.39. The summed E-state index contributed by atoms with van der Waals surface area (Å²) in [5.41, 5.74) is 1.22. The average molecular weight is 342 g/mol. The SMILES string of the molecule is CCCN(CC(=O)OC)CC1Cc2cc(Br)ccc2O1. The van der Waals surface area contributed by atoms with Crippen LogP contribution in [0.15, 0.2) is 22.7 Å². The molecular weight excluding hydrogens is 322 g/mol. The Morgan fingerprint density at radius 3 is 3.05 bits per heavy atom. The van der Waals surface area contributed by atoms with E-state index in [9.17, 15) is 4.79 Å². The van der Waals surface area contributed by atoms with Crippen molar-refractivity contribution >= 4 is 21.9 Å². The van der Waals surface area contributed by atoms with Crippen LogP contribution < -0.4 is 4.74 Å². The van der Waals surface area contributed by atoms with Crippen LogP contribution in [0.25, 0.3) is 0 Å². The molecule has 1 aliphatic rings. The number of rotatable bonds is 6. The van der Waals surface area contributed by atoms with E-state index in [0.29, 0.717) is 6.54 Å². The molecule has 110 valence electrons. The van der Waals surface area contributed by atoms with Gasteiger partial charge in [-0.2, -0.15) is 0 Å². The van der Waals surface area contributed by atoms with Crippen LogP contribution in [-0.4, -0.2) is 43.7 Å². The maximum atomic E-state index is 11.4. The zero-order valence-corrected chi connectivity index (χ0v) is 13.5. The lowest BCUT2D eigenvalue weighted by atomic mass is 10.1. The Morgan fingerprint density at radius 2 is 2.35 bits per heavy atom. The standard InChI is InChI=1S/C15H20BrNO3/c1-3-6-17(10-15(18)19-2)9-13-8-11-7-12(16)4-5-14(11)20-13/h4-5,7,13H,3,6,8-10H2,1-2H3. The highest BCUT2D eigenvalue weighted by Gasteiger charge is 2.25. The van der Waals surface area contributed by atoms with Crippen LogP contribution in [0.4, 0.5) is 0 Å². The van der Waals surface area contributed by atoms with Crippen molar-refractivity contribution in [3.63, 3.8) is 0 Å². The molecule has 1 aromatic carbocycles. The monoisotopic (exact) mass is 341 g/mol. The van der Waals surface area contributed by atoms with Crippen molar-refractivity contribution in [3.8, 4) is 5.75 Å². The smallest absolute Gasteiger partial charge is 0.319 e. The number of ether oxygens (including phenoxy) is 2. The first-order valence-electron chi connectivity index (χ1n) is 6.86. The third kappa shape index (κ3) is 3.96. The van der Waals surface area contributed by atoms with Crippen LogP contribution in [-0.2, 0) is 16.0 Å². The van der Waals surface area contributed by atoms with Crippen molar-refractivity contribution in [1.29, 1.82) is 0 Å². The molecule has 0 saturated heterocycles. The van der Waals surface area contributed by atoms with Crippen molar-refractivity contribution in [2.75, 3.05) is 26.7 Å². The highest BCUT2D eigenvalue weighted by Crippen LogP contribution is 2.31. The zero-order chi connectivity index (χ0) is 14.5. The number of methoxy groups -OCH3 is 1. The fourth-order valence-electron chi connectivity index (χ4n) is 2.48. The highest BCUT2D eigenvalue weighted by atomic mass is 79.9. The molecule has 0 saturated carbocycles. The number of halogens is 1. The van der Waals surface area contributed by atoms with Gasteiger partial charge in [0, 0.05) is 17.4 Å². The van der Waals surface area contributed by atoms with Gasteiger partial charge in [0.15, 0.2) is 0 Å². The Bertz CT molecular complexity index is 478. The molecule has 20 heavy (non-hydrogen) atoms. The highest BCUT2D eigenvalue weighted by molar-refractivity contribution is 9.10. The quantitative estimate of drug-likeness (QED) is 0.745. The van der Waals surface area contributed by atoms with Crippen molar-refractivity contribution in [3.05, 3.63) is 28.2 Å². The lowest BCUT2D eigenvalue weighted by Gasteiger charge is -2.23. The first-order valence-corrected chi connectivity index (χ1v) is 7.66. The van der Waals surface area contributed by atoms with Crippen LogP contribution in [0.5, 0.6) is 5.75 Å². The molecule has 1 unspecified atom stereocenters. The molecule has 0 spiro atoms.